The van der Waals surface area contributed by atoms with Crippen LogP contribution in [0.2, 0.25) is 0 Å². The lowest BCUT2D eigenvalue weighted by molar-refractivity contribution is -0.123. The molecule has 15 heavy (non-hydrogen) atoms. The molecule has 0 heterocycles. The first-order valence-corrected chi connectivity index (χ1v) is 5.62. The second-order valence-corrected chi connectivity index (χ2v) is 4.81. The number of carbonyl (C=O) groups is 1. The molecule has 1 amide bonds. The van der Waals surface area contributed by atoms with E-state index in [1.165, 1.54) is 0 Å². The fraction of sp³-hybridized carbons (Fsp3) is 0.909. The van der Waals surface area contributed by atoms with E-state index in [2.05, 4.69) is 17.1 Å². The summed E-state index contributed by atoms with van der Waals surface area (Å²) in [6, 6.07) is 0. The van der Waals surface area contributed by atoms with Crippen molar-refractivity contribution in [2.24, 2.45) is 5.73 Å². The zero-order valence-electron chi connectivity index (χ0n) is 10.5. The molecule has 0 saturated carbocycles. The normalized spacial score (nSPS) is 11.9. The number of hydrogen-bond donors (Lipinski definition) is 2. The maximum atomic E-state index is 11.6. The Kier molecular flexibility index (Phi) is 6.52. The van der Waals surface area contributed by atoms with E-state index in [1.807, 2.05) is 20.8 Å². The van der Waals surface area contributed by atoms with E-state index < -0.39 is 0 Å². The smallest absolute Gasteiger partial charge is 0.234 e. The summed E-state index contributed by atoms with van der Waals surface area (Å²) in [5, 5.41) is 2.95. The van der Waals surface area contributed by atoms with Crippen LogP contribution in [0.3, 0.4) is 0 Å². The van der Waals surface area contributed by atoms with E-state index in [1.54, 1.807) is 0 Å². The molecule has 90 valence electrons. The molecule has 4 nitrogen and oxygen atoms in total. The van der Waals surface area contributed by atoms with Gasteiger partial charge in [-0.15, -0.1) is 0 Å². The quantitative estimate of drug-likeness (QED) is 0.681. The van der Waals surface area contributed by atoms with E-state index in [4.69, 9.17) is 5.73 Å². The Balaban J connectivity index is 3.91. The first-order chi connectivity index (χ1) is 6.89. The second-order valence-electron chi connectivity index (χ2n) is 4.81. The summed E-state index contributed by atoms with van der Waals surface area (Å²) in [5.74, 6) is 0.0846. The maximum Gasteiger partial charge on any atom is 0.234 e. The monoisotopic (exact) mass is 215 g/mol. The molecule has 0 saturated heterocycles. The summed E-state index contributed by atoms with van der Waals surface area (Å²) >= 11 is 0. The molecule has 0 bridgehead atoms. The average molecular weight is 215 g/mol. The SMILES string of the molecule is CCN(CCCN)CC(=O)NC(C)(C)C. The van der Waals surface area contributed by atoms with Gasteiger partial charge in [-0.2, -0.15) is 0 Å². The van der Waals surface area contributed by atoms with Crippen LogP contribution in [-0.2, 0) is 4.79 Å². The lowest BCUT2D eigenvalue weighted by Gasteiger charge is -2.24. The molecule has 0 aliphatic rings. The fourth-order valence-electron chi connectivity index (χ4n) is 1.32. The third kappa shape index (κ3) is 8.39. The van der Waals surface area contributed by atoms with Gasteiger partial charge in [0.05, 0.1) is 6.54 Å². The lowest BCUT2D eigenvalue weighted by Crippen LogP contribution is -2.46. The van der Waals surface area contributed by atoms with Crippen LogP contribution >= 0.6 is 0 Å². The molecule has 0 spiro atoms. The van der Waals surface area contributed by atoms with Gasteiger partial charge in [0.15, 0.2) is 0 Å². The average Bonchev–Trinajstić information content (AvgIpc) is 2.09. The first-order valence-electron chi connectivity index (χ1n) is 5.62. The van der Waals surface area contributed by atoms with Gasteiger partial charge in [0.1, 0.15) is 0 Å². The minimum atomic E-state index is -0.148. The van der Waals surface area contributed by atoms with E-state index in [-0.39, 0.29) is 11.4 Å². The highest BCUT2D eigenvalue weighted by molar-refractivity contribution is 5.78. The zero-order valence-corrected chi connectivity index (χ0v) is 10.5. The summed E-state index contributed by atoms with van der Waals surface area (Å²) < 4.78 is 0. The number of amides is 1. The van der Waals surface area contributed by atoms with Crippen molar-refractivity contribution in [3.05, 3.63) is 0 Å². The zero-order chi connectivity index (χ0) is 11.9. The summed E-state index contributed by atoms with van der Waals surface area (Å²) in [6.45, 7) is 10.9. The molecule has 0 aromatic heterocycles. The van der Waals surface area contributed by atoms with Crippen molar-refractivity contribution in [2.45, 2.75) is 39.7 Å². The van der Waals surface area contributed by atoms with Crippen molar-refractivity contribution in [1.82, 2.24) is 10.2 Å². The van der Waals surface area contributed by atoms with Crippen molar-refractivity contribution >= 4 is 5.91 Å². The van der Waals surface area contributed by atoms with Crippen LogP contribution in [0.4, 0.5) is 0 Å². The number of nitrogens with zero attached hydrogens (tertiary/aromatic N) is 1. The van der Waals surface area contributed by atoms with Crippen LogP contribution in [0.5, 0.6) is 0 Å². The third-order valence-electron chi connectivity index (χ3n) is 2.01. The van der Waals surface area contributed by atoms with E-state index in [0.29, 0.717) is 13.1 Å². The predicted octanol–water partition coefficient (Wildman–Crippen LogP) is 0.572. The summed E-state index contributed by atoms with van der Waals surface area (Å²) in [5.41, 5.74) is 5.29. The molecule has 0 atom stereocenters. The summed E-state index contributed by atoms with van der Waals surface area (Å²) in [4.78, 5) is 13.7. The lowest BCUT2D eigenvalue weighted by atomic mass is 10.1. The molecule has 0 aromatic rings. The molecule has 0 fully saturated rings. The molecular formula is C11H25N3O. The number of nitrogens with two attached hydrogens (primary N) is 1. The second kappa shape index (κ2) is 6.80. The fourth-order valence-corrected chi connectivity index (χ4v) is 1.32. The van der Waals surface area contributed by atoms with Crippen LogP contribution in [0.25, 0.3) is 0 Å². The van der Waals surface area contributed by atoms with Crippen molar-refractivity contribution in [1.29, 1.82) is 0 Å². The van der Waals surface area contributed by atoms with Crippen LogP contribution in [-0.4, -0.2) is 42.5 Å². The van der Waals surface area contributed by atoms with Crippen molar-refractivity contribution in [3.63, 3.8) is 0 Å². The molecule has 4 heteroatoms. The molecule has 3 N–H and O–H groups in total. The Labute approximate surface area is 93.2 Å². The summed E-state index contributed by atoms with van der Waals surface area (Å²) in [7, 11) is 0. The predicted molar refractivity (Wildman–Crippen MR) is 63.7 cm³/mol. The maximum absolute atomic E-state index is 11.6. The molecule has 0 aliphatic carbocycles. The van der Waals surface area contributed by atoms with E-state index in [9.17, 15) is 4.79 Å². The standard InChI is InChI=1S/C11H25N3O/c1-5-14(8-6-7-12)9-10(15)13-11(2,3)4/h5-9,12H2,1-4H3,(H,13,15). The Morgan fingerprint density at radius 3 is 2.40 bits per heavy atom. The Morgan fingerprint density at radius 1 is 1.40 bits per heavy atom. The van der Waals surface area contributed by atoms with Crippen molar-refractivity contribution < 1.29 is 4.79 Å². The molecular weight excluding hydrogens is 190 g/mol. The number of likely N-dealkylation sites (N-methyl/N-ethyl adjacent to an activating group) is 1. The number of hydrogen-bond acceptors (Lipinski definition) is 3. The molecule has 0 rings (SSSR count). The van der Waals surface area contributed by atoms with Crippen LogP contribution in [0.1, 0.15) is 34.1 Å². The highest BCUT2D eigenvalue weighted by Gasteiger charge is 2.15. The van der Waals surface area contributed by atoms with Gasteiger partial charge in [-0.25, -0.2) is 0 Å². The number of carbonyl (C=O) groups excluding carboxylic acids is 1. The molecule has 0 radical (unpaired) electrons. The van der Waals surface area contributed by atoms with Gasteiger partial charge in [0.2, 0.25) is 5.91 Å². The van der Waals surface area contributed by atoms with E-state index in [0.717, 1.165) is 19.5 Å². The molecule has 0 aromatic carbocycles. The number of rotatable bonds is 6. The van der Waals surface area contributed by atoms with Crippen LogP contribution in [0, 0.1) is 0 Å². The largest absolute Gasteiger partial charge is 0.350 e. The van der Waals surface area contributed by atoms with Gasteiger partial charge in [0.25, 0.3) is 0 Å². The van der Waals surface area contributed by atoms with Crippen molar-refractivity contribution in [3.8, 4) is 0 Å². The highest BCUT2D eigenvalue weighted by atomic mass is 16.2. The molecule has 0 unspecified atom stereocenters. The minimum Gasteiger partial charge on any atom is -0.350 e. The van der Waals surface area contributed by atoms with E-state index >= 15 is 0 Å². The molecule has 0 aliphatic heterocycles. The van der Waals surface area contributed by atoms with Gasteiger partial charge >= 0.3 is 0 Å². The first kappa shape index (κ1) is 14.4. The van der Waals surface area contributed by atoms with Crippen molar-refractivity contribution in [2.75, 3.05) is 26.2 Å². The Bertz CT molecular complexity index is 187. The minimum absolute atomic E-state index is 0.0846. The summed E-state index contributed by atoms with van der Waals surface area (Å²) in [6.07, 6.45) is 0.941. The Morgan fingerprint density at radius 2 is 2.00 bits per heavy atom. The highest BCUT2D eigenvalue weighted by Crippen LogP contribution is 1.99. The van der Waals surface area contributed by atoms with Gasteiger partial charge in [-0.1, -0.05) is 6.92 Å². The van der Waals surface area contributed by atoms with Gasteiger partial charge in [-0.3, -0.25) is 9.69 Å². The van der Waals surface area contributed by atoms with Crippen LogP contribution in [0.15, 0.2) is 0 Å². The van der Waals surface area contributed by atoms with Gasteiger partial charge in [-0.05, 0) is 46.8 Å². The van der Waals surface area contributed by atoms with Crippen LogP contribution < -0.4 is 11.1 Å². The van der Waals surface area contributed by atoms with Gasteiger partial charge < -0.3 is 11.1 Å². The van der Waals surface area contributed by atoms with Gasteiger partial charge in [0, 0.05) is 5.54 Å². The topological polar surface area (TPSA) is 58.4 Å². The third-order valence-corrected chi connectivity index (χ3v) is 2.01. The number of nitrogens with one attached hydrogen (secondary N) is 1. The Hall–Kier alpha value is -0.610.